The lowest BCUT2D eigenvalue weighted by Crippen LogP contribution is -2.51. The van der Waals surface area contributed by atoms with Gasteiger partial charge in [0.1, 0.15) is 5.75 Å². The first-order valence-electron chi connectivity index (χ1n) is 8.52. The quantitative estimate of drug-likeness (QED) is 0.769. The molecule has 0 N–H and O–H groups in total. The second-order valence-electron chi connectivity index (χ2n) is 6.21. The molecule has 1 aliphatic heterocycles. The SMILES string of the molecule is COc1ccc(CC(=O)N2CCN(C(=O)c3cccc(Br)c3)CC2)cc1. The predicted molar refractivity (Wildman–Crippen MR) is 103 cm³/mol. The lowest BCUT2D eigenvalue weighted by atomic mass is 10.1. The monoisotopic (exact) mass is 416 g/mol. The van der Waals surface area contributed by atoms with Gasteiger partial charge in [0.15, 0.2) is 0 Å². The molecular formula is C20H21BrN2O3. The minimum absolute atomic E-state index is 0.00792. The number of hydrogen-bond acceptors (Lipinski definition) is 3. The van der Waals surface area contributed by atoms with Crippen LogP contribution in [0.25, 0.3) is 0 Å². The highest BCUT2D eigenvalue weighted by Gasteiger charge is 2.24. The average Bonchev–Trinajstić information content (AvgIpc) is 2.68. The van der Waals surface area contributed by atoms with Crippen molar-refractivity contribution in [2.45, 2.75) is 6.42 Å². The van der Waals surface area contributed by atoms with E-state index in [2.05, 4.69) is 15.9 Å². The lowest BCUT2D eigenvalue weighted by molar-refractivity contribution is -0.131. The third kappa shape index (κ3) is 4.43. The topological polar surface area (TPSA) is 49.9 Å². The molecule has 0 spiro atoms. The number of rotatable bonds is 4. The average molecular weight is 417 g/mol. The van der Waals surface area contributed by atoms with Gasteiger partial charge in [-0.05, 0) is 35.9 Å². The van der Waals surface area contributed by atoms with Crippen molar-refractivity contribution in [1.29, 1.82) is 0 Å². The van der Waals surface area contributed by atoms with E-state index in [9.17, 15) is 9.59 Å². The van der Waals surface area contributed by atoms with Crippen molar-refractivity contribution in [2.75, 3.05) is 33.3 Å². The van der Waals surface area contributed by atoms with Crippen LogP contribution in [0.1, 0.15) is 15.9 Å². The van der Waals surface area contributed by atoms with Gasteiger partial charge in [0, 0.05) is 36.2 Å². The second-order valence-corrected chi connectivity index (χ2v) is 7.12. The number of methoxy groups -OCH3 is 1. The van der Waals surface area contributed by atoms with Crippen LogP contribution in [-0.2, 0) is 11.2 Å². The Morgan fingerprint density at radius 3 is 2.27 bits per heavy atom. The van der Waals surface area contributed by atoms with E-state index in [0.29, 0.717) is 38.2 Å². The van der Waals surface area contributed by atoms with E-state index in [0.717, 1.165) is 15.8 Å². The van der Waals surface area contributed by atoms with Crippen LogP contribution in [0.4, 0.5) is 0 Å². The highest BCUT2D eigenvalue weighted by molar-refractivity contribution is 9.10. The molecule has 1 saturated heterocycles. The van der Waals surface area contributed by atoms with Crippen LogP contribution in [0.5, 0.6) is 5.75 Å². The van der Waals surface area contributed by atoms with Crippen molar-refractivity contribution >= 4 is 27.7 Å². The van der Waals surface area contributed by atoms with Gasteiger partial charge in [-0.25, -0.2) is 0 Å². The number of hydrogen-bond donors (Lipinski definition) is 0. The highest BCUT2D eigenvalue weighted by atomic mass is 79.9. The third-order valence-electron chi connectivity index (χ3n) is 4.51. The number of halogens is 1. The maximum Gasteiger partial charge on any atom is 0.254 e. The summed E-state index contributed by atoms with van der Waals surface area (Å²) in [6, 6.07) is 14.9. The van der Waals surface area contributed by atoms with Gasteiger partial charge < -0.3 is 14.5 Å². The normalized spacial score (nSPS) is 14.2. The second kappa shape index (κ2) is 8.36. The molecule has 0 unspecified atom stereocenters. The number of benzene rings is 2. The van der Waals surface area contributed by atoms with E-state index in [1.165, 1.54) is 0 Å². The molecule has 0 atom stereocenters. The molecule has 0 aliphatic carbocycles. The summed E-state index contributed by atoms with van der Waals surface area (Å²) in [4.78, 5) is 28.7. The maximum absolute atomic E-state index is 12.6. The molecule has 5 nitrogen and oxygen atoms in total. The smallest absolute Gasteiger partial charge is 0.254 e. The van der Waals surface area contributed by atoms with Crippen LogP contribution in [0, 0.1) is 0 Å². The van der Waals surface area contributed by atoms with Crippen molar-refractivity contribution in [1.82, 2.24) is 9.80 Å². The molecule has 2 aromatic rings. The van der Waals surface area contributed by atoms with Gasteiger partial charge in [0.2, 0.25) is 5.91 Å². The van der Waals surface area contributed by atoms with Crippen LogP contribution in [-0.4, -0.2) is 54.9 Å². The van der Waals surface area contributed by atoms with E-state index < -0.39 is 0 Å². The molecule has 0 radical (unpaired) electrons. The van der Waals surface area contributed by atoms with Gasteiger partial charge >= 0.3 is 0 Å². The summed E-state index contributed by atoms with van der Waals surface area (Å²) in [5, 5.41) is 0. The molecular weight excluding hydrogens is 396 g/mol. The van der Waals surface area contributed by atoms with Crippen LogP contribution in [0.2, 0.25) is 0 Å². The first-order valence-corrected chi connectivity index (χ1v) is 9.31. The minimum atomic E-state index is 0.00792. The van der Waals surface area contributed by atoms with E-state index in [1.54, 1.807) is 12.0 Å². The van der Waals surface area contributed by atoms with E-state index in [1.807, 2.05) is 53.4 Å². The van der Waals surface area contributed by atoms with Crippen LogP contribution in [0.3, 0.4) is 0 Å². The number of nitrogens with zero attached hydrogens (tertiary/aromatic N) is 2. The van der Waals surface area contributed by atoms with Gasteiger partial charge in [-0.15, -0.1) is 0 Å². The fourth-order valence-corrected chi connectivity index (χ4v) is 3.39. The standard InChI is InChI=1S/C20H21BrN2O3/c1-26-18-7-5-15(6-8-18)13-19(24)22-9-11-23(12-10-22)20(25)16-3-2-4-17(21)14-16/h2-8,14H,9-13H2,1H3. The third-order valence-corrected chi connectivity index (χ3v) is 5.00. The minimum Gasteiger partial charge on any atom is -0.497 e. The van der Waals surface area contributed by atoms with Crippen molar-refractivity contribution in [3.05, 3.63) is 64.1 Å². The van der Waals surface area contributed by atoms with Crippen molar-refractivity contribution in [3.8, 4) is 5.75 Å². The van der Waals surface area contributed by atoms with Crippen LogP contribution in [0.15, 0.2) is 53.0 Å². The fraction of sp³-hybridized carbons (Fsp3) is 0.300. The van der Waals surface area contributed by atoms with E-state index in [-0.39, 0.29) is 11.8 Å². The Hall–Kier alpha value is -2.34. The maximum atomic E-state index is 12.6. The van der Waals surface area contributed by atoms with Gasteiger partial charge in [-0.3, -0.25) is 9.59 Å². The zero-order valence-corrected chi connectivity index (χ0v) is 16.2. The molecule has 0 aromatic heterocycles. The summed E-state index contributed by atoms with van der Waals surface area (Å²) >= 11 is 3.39. The fourth-order valence-electron chi connectivity index (χ4n) is 2.99. The Labute approximate surface area is 161 Å². The Balaban J connectivity index is 1.54. The Morgan fingerprint density at radius 1 is 1.00 bits per heavy atom. The zero-order chi connectivity index (χ0) is 18.5. The molecule has 26 heavy (non-hydrogen) atoms. The molecule has 2 amide bonds. The molecule has 0 bridgehead atoms. The number of carbonyl (C=O) groups is 2. The van der Waals surface area contributed by atoms with Crippen molar-refractivity contribution in [2.24, 2.45) is 0 Å². The summed E-state index contributed by atoms with van der Waals surface area (Å²) in [5.41, 5.74) is 1.63. The first-order chi connectivity index (χ1) is 12.6. The van der Waals surface area contributed by atoms with Gasteiger partial charge in [-0.2, -0.15) is 0 Å². The molecule has 6 heteroatoms. The Bertz CT molecular complexity index is 784. The van der Waals surface area contributed by atoms with E-state index >= 15 is 0 Å². The summed E-state index contributed by atoms with van der Waals surface area (Å²) in [6.07, 6.45) is 0.365. The van der Waals surface area contributed by atoms with Crippen molar-refractivity contribution in [3.63, 3.8) is 0 Å². The van der Waals surface area contributed by atoms with Gasteiger partial charge in [-0.1, -0.05) is 34.1 Å². The lowest BCUT2D eigenvalue weighted by Gasteiger charge is -2.35. The molecule has 3 rings (SSSR count). The number of piperazine rings is 1. The van der Waals surface area contributed by atoms with Crippen LogP contribution < -0.4 is 4.74 Å². The Morgan fingerprint density at radius 2 is 1.65 bits per heavy atom. The van der Waals surface area contributed by atoms with Crippen molar-refractivity contribution < 1.29 is 14.3 Å². The van der Waals surface area contributed by atoms with E-state index in [4.69, 9.17) is 4.74 Å². The summed E-state index contributed by atoms with van der Waals surface area (Å²) in [5.74, 6) is 0.874. The summed E-state index contributed by atoms with van der Waals surface area (Å²) in [7, 11) is 1.62. The van der Waals surface area contributed by atoms with Crippen LogP contribution >= 0.6 is 15.9 Å². The molecule has 136 valence electrons. The largest absolute Gasteiger partial charge is 0.497 e. The zero-order valence-electron chi connectivity index (χ0n) is 14.7. The molecule has 1 heterocycles. The number of ether oxygens (including phenoxy) is 1. The number of carbonyl (C=O) groups excluding carboxylic acids is 2. The molecule has 2 aromatic carbocycles. The Kier molecular flexibility index (Phi) is 5.93. The molecule has 1 fully saturated rings. The van der Waals surface area contributed by atoms with Gasteiger partial charge in [0.25, 0.3) is 5.91 Å². The molecule has 1 aliphatic rings. The highest BCUT2D eigenvalue weighted by Crippen LogP contribution is 2.16. The number of amides is 2. The predicted octanol–water partition coefficient (Wildman–Crippen LogP) is 2.98. The summed E-state index contributed by atoms with van der Waals surface area (Å²) in [6.45, 7) is 2.24. The molecule has 0 saturated carbocycles. The first kappa shape index (κ1) is 18.5. The van der Waals surface area contributed by atoms with Gasteiger partial charge in [0.05, 0.1) is 13.5 Å². The summed E-state index contributed by atoms with van der Waals surface area (Å²) < 4.78 is 6.02.